The number of aromatic nitrogens is 1. The first-order chi connectivity index (χ1) is 14.3. The van der Waals surface area contributed by atoms with Gasteiger partial charge in [-0.25, -0.2) is 12.8 Å². The molecular formula is C20H17FN4O4S. The van der Waals surface area contributed by atoms with Gasteiger partial charge in [0.25, 0.3) is 21.8 Å². The Bertz CT molecular complexity index is 1200. The highest BCUT2D eigenvalue weighted by molar-refractivity contribution is 7.92. The highest BCUT2D eigenvalue weighted by atomic mass is 32.2. The molecule has 0 aliphatic rings. The van der Waals surface area contributed by atoms with E-state index in [1.54, 1.807) is 19.1 Å². The van der Waals surface area contributed by atoms with Crippen molar-refractivity contribution >= 4 is 27.5 Å². The Morgan fingerprint density at radius 2 is 1.63 bits per heavy atom. The predicted molar refractivity (Wildman–Crippen MR) is 108 cm³/mol. The van der Waals surface area contributed by atoms with Crippen LogP contribution in [0.2, 0.25) is 0 Å². The number of sulfonamides is 1. The highest BCUT2D eigenvalue weighted by Gasteiger charge is 2.20. The number of anilines is 1. The topological polar surface area (TPSA) is 117 Å². The van der Waals surface area contributed by atoms with Crippen molar-refractivity contribution < 1.29 is 22.4 Å². The predicted octanol–water partition coefficient (Wildman–Crippen LogP) is 2.40. The van der Waals surface area contributed by atoms with Gasteiger partial charge in [-0.05, 0) is 48.9 Å². The molecule has 0 bridgehead atoms. The van der Waals surface area contributed by atoms with Gasteiger partial charge in [-0.3, -0.25) is 30.1 Å². The number of halogens is 1. The summed E-state index contributed by atoms with van der Waals surface area (Å²) in [5, 5.41) is 0. The van der Waals surface area contributed by atoms with E-state index in [4.69, 9.17) is 0 Å². The molecule has 8 nitrogen and oxygen atoms in total. The fraction of sp³-hybridized carbons (Fsp3) is 0.0500. The molecule has 3 aromatic rings. The van der Waals surface area contributed by atoms with Crippen molar-refractivity contribution in [3.8, 4) is 0 Å². The minimum Gasteiger partial charge on any atom is -0.277 e. The smallest absolute Gasteiger partial charge is 0.277 e. The number of hydrazine groups is 1. The average molecular weight is 428 g/mol. The number of nitrogens with zero attached hydrogens (tertiary/aromatic N) is 1. The third kappa shape index (κ3) is 4.78. The lowest BCUT2D eigenvalue weighted by molar-refractivity contribution is 0.0843. The number of amides is 2. The summed E-state index contributed by atoms with van der Waals surface area (Å²) in [5.74, 6) is -2.09. The Balaban J connectivity index is 1.78. The second-order valence-corrected chi connectivity index (χ2v) is 7.87. The van der Waals surface area contributed by atoms with Crippen molar-refractivity contribution in [1.82, 2.24) is 15.8 Å². The van der Waals surface area contributed by atoms with E-state index in [0.29, 0.717) is 5.56 Å². The zero-order chi connectivity index (χ0) is 21.7. The molecule has 3 rings (SSSR count). The number of hydrogen-bond donors (Lipinski definition) is 3. The van der Waals surface area contributed by atoms with Crippen LogP contribution in [-0.4, -0.2) is 25.2 Å². The van der Waals surface area contributed by atoms with Crippen molar-refractivity contribution in [3.63, 3.8) is 0 Å². The molecule has 0 atom stereocenters. The Kier molecular flexibility index (Phi) is 6.07. The largest absolute Gasteiger partial charge is 0.288 e. The number of aryl methyl sites for hydroxylation is 1. The van der Waals surface area contributed by atoms with Gasteiger partial charge < -0.3 is 0 Å². The number of pyridine rings is 1. The van der Waals surface area contributed by atoms with Gasteiger partial charge in [0.1, 0.15) is 11.5 Å². The van der Waals surface area contributed by atoms with Gasteiger partial charge in [0, 0.05) is 11.8 Å². The van der Waals surface area contributed by atoms with E-state index in [1.807, 2.05) is 0 Å². The molecule has 0 aliphatic heterocycles. The normalized spacial score (nSPS) is 10.9. The Labute approximate surface area is 172 Å². The van der Waals surface area contributed by atoms with Gasteiger partial charge in [-0.2, -0.15) is 0 Å². The molecule has 1 heterocycles. The average Bonchev–Trinajstić information content (AvgIpc) is 2.74. The number of benzene rings is 2. The molecule has 10 heteroatoms. The monoisotopic (exact) mass is 428 g/mol. The molecule has 154 valence electrons. The quantitative estimate of drug-likeness (QED) is 0.540. The fourth-order valence-electron chi connectivity index (χ4n) is 2.50. The Morgan fingerprint density at radius 1 is 0.933 bits per heavy atom. The number of nitrogens with one attached hydrogen (secondary N) is 3. The lowest BCUT2D eigenvalue weighted by Gasteiger charge is -2.12. The molecule has 0 fully saturated rings. The van der Waals surface area contributed by atoms with Crippen LogP contribution in [0.25, 0.3) is 0 Å². The molecule has 3 N–H and O–H groups in total. The summed E-state index contributed by atoms with van der Waals surface area (Å²) >= 11 is 0. The van der Waals surface area contributed by atoms with E-state index in [-0.39, 0.29) is 21.8 Å². The summed E-state index contributed by atoms with van der Waals surface area (Å²) in [6, 6.07) is 13.9. The summed E-state index contributed by atoms with van der Waals surface area (Å²) in [6.07, 6.45) is 1.43. The van der Waals surface area contributed by atoms with Gasteiger partial charge in [-0.15, -0.1) is 0 Å². The number of rotatable bonds is 5. The molecule has 30 heavy (non-hydrogen) atoms. The van der Waals surface area contributed by atoms with Gasteiger partial charge >= 0.3 is 0 Å². The second-order valence-electron chi connectivity index (χ2n) is 6.19. The minimum absolute atomic E-state index is 0.0210. The molecule has 0 spiro atoms. The van der Waals surface area contributed by atoms with E-state index in [2.05, 4.69) is 20.6 Å². The molecule has 2 aromatic carbocycles. The van der Waals surface area contributed by atoms with Gasteiger partial charge in [0.05, 0.1) is 10.6 Å². The first kappa shape index (κ1) is 20.9. The minimum atomic E-state index is -4.15. The Hall–Kier alpha value is -3.79. The molecular weight excluding hydrogens is 411 g/mol. The van der Waals surface area contributed by atoms with E-state index in [1.165, 1.54) is 42.6 Å². The van der Waals surface area contributed by atoms with Gasteiger partial charge in [0.2, 0.25) is 0 Å². The molecule has 0 unspecified atom stereocenters. The van der Waals surface area contributed by atoms with Gasteiger partial charge in [-0.1, -0.05) is 24.3 Å². The summed E-state index contributed by atoms with van der Waals surface area (Å²) in [7, 11) is -4.15. The zero-order valence-electron chi connectivity index (χ0n) is 15.7. The van der Waals surface area contributed by atoms with Crippen LogP contribution in [0, 0.1) is 12.7 Å². The molecule has 2 amide bonds. The van der Waals surface area contributed by atoms with Crippen LogP contribution in [0.15, 0.2) is 71.8 Å². The number of para-hydroxylation sites is 1. The number of carbonyl (C=O) groups excluding carboxylic acids is 2. The van der Waals surface area contributed by atoms with Crippen molar-refractivity contribution in [3.05, 3.63) is 89.5 Å². The van der Waals surface area contributed by atoms with E-state index < -0.39 is 27.7 Å². The van der Waals surface area contributed by atoms with Crippen LogP contribution in [0.3, 0.4) is 0 Å². The zero-order valence-corrected chi connectivity index (χ0v) is 16.5. The first-order valence-corrected chi connectivity index (χ1v) is 10.2. The number of carbonyl (C=O) groups is 2. The SMILES string of the molecule is Cc1ccc(S(=O)(=O)Nc2ccccc2F)cc1C(=O)NNC(=O)c1ccccn1. The third-order valence-electron chi connectivity index (χ3n) is 4.07. The molecule has 0 saturated heterocycles. The number of hydrogen-bond acceptors (Lipinski definition) is 5. The molecule has 0 saturated carbocycles. The lowest BCUT2D eigenvalue weighted by atomic mass is 10.1. The lowest BCUT2D eigenvalue weighted by Crippen LogP contribution is -2.42. The van der Waals surface area contributed by atoms with Crippen LogP contribution in [0.5, 0.6) is 0 Å². The second kappa shape index (κ2) is 8.70. The van der Waals surface area contributed by atoms with Crippen LogP contribution < -0.4 is 15.6 Å². The highest BCUT2D eigenvalue weighted by Crippen LogP contribution is 2.21. The summed E-state index contributed by atoms with van der Waals surface area (Å²) in [5.41, 5.74) is 4.81. The maximum Gasteiger partial charge on any atom is 0.288 e. The Morgan fingerprint density at radius 3 is 2.33 bits per heavy atom. The van der Waals surface area contributed by atoms with E-state index in [9.17, 15) is 22.4 Å². The maximum atomic E-state index is 13.8. The van der Waals surface area contributed by atoms with Crippen LogP contribution in [0.4, 0.5) is 10.1 Å². The maximum absolute atomic E-state index is 13.8. The molecule has 1 aromatic heterocycles. The molecule has 0 radical (unpaired) electrons. The van der Waals surface area contributed by atoms with Crippen LogP contribution >= 0.6 is 0 Å². The van der Waals surface area contributed by atoms with E-state index >= 15 is 0 Å². The van der Waals surface area contributed by atoms with Crippen molar-refractivity contribution in [2.24, 2.45) is 0 Å². The van der Waals surface area contributed by atoms with E-state index in [0.717, 1.165) is 12.1 Å². The third-order valence-corrected chi connectivity index (χ3v) is 5.43. The summed E-state index contributed by atoms with van der Waals surface area (Å²) < 4.78 is 41.1. The van der Waals surface area contributed by atoms with Crippen LogP contribution in [0.1, 0.15) is 26.4 Å². The van der Waals surface area contributed by atoms with Crippen molar-refractivity contribution in [2.45, 2.75) is 11.8 Å². The molecule has 0 aliphatic carbocycles. The standard InChI is InChI=1S/C20H17FN4O4S/c1-13-9-10-14(30(28,29)25-17-7-3-2-6-16(17)21)12-15(13)19(26)23-24-20(27)18-8-4-5-11-22-18/h2-12,25H,1H3,(H,23,26)(H,24,27). The summed E-state index contributed by atoms with van der Waals surface area (Å²) in [6.45, 7) is 1.61. The van der Waals surface area contributed by atoms with Crippen LogP contribution in [-0.2, 0) is 10.0 Å². The van der Waals surface area contributed by atoms with Crippen molar-refractivity contribution in [2.75, 3.05) is 4.72 Å². The fourth-order valence-corrected chi connectivity index (χ4v) is 3.60. The van der Waals surface area contributed by atoms with Gasteiger partial charge in [0.15, 0.2) is 0 Å². The van der Waals surface area contributed by atoms with Crippen molar-refractivity contribution in [1.29, 1.82) is 0 Å². The summed E-state index contributed by atoms with van der Waals surface area (Å²) in [4.78, 5) is 28.1. The first-order valence-electron chi connectivity index (χ1n) is 8.67.